The summed E-state index contributed by atoms with van der Waals surface area (Å²) < 4.78 is 16.0. The van der Waals surface area contributed by atoms with E-state index in [1.54, 1.807) is 32.4 Å². The number of hydrogen-bond donors (Lipinski definition) is 1. The van der Waals surface area contributed by atoms with Crippen LogP contribution in [-0.2, 0) is 9.53 Å². The maximum Gasteiger partial charge on any atom is 0.244 e. The molecular formula is C21H32N2O4. The maximum absolute atomic E-state index is 12.3. The number of benzene rings is 1. The number of nitrogens with zero attached hydrogens (tertiary/aromatic N) is 1. The van der Waals surface area contributed by atoms with E-state index in [-0.39, 0.29) is 5.91 Å². The average molecular weight is 376 g/mol. The monoisotopic (exact) mass is 376 g/mol. The zero-order valence-corrected chi connectivity index (χ0v) is 16.9. The molecule has 2 rings (SSSR count). The Hall–Kier alpha value is -2.05. The molecule has 27 heavy (non-hydrogen) atoms. The van der Waals surface area contributed by atoms with E-state index in [4.69, 9.17) is 14.2 Å². The molecule has 1 amide bonds. The van der Waals surface area contributed by atoms with Crippen LogP contribution in [0.5, 0.6) is 11.5 Å². The van der Waals surface area contributed by atoms with Crippen molar-refractivity contribution in [1.29, 1.82) is 0 Å². The van der Waals surface area contributed by atoms with Gasteiger partial charge in [-0.1, -0.05) is 13.8 Å². The third kappa shape index (κ3) is 7.23. The number of carbonyl (C=O) groups is 1. The van der Waals surface area contributed by atoms with Gasteiger partial charge in [0.15, 0.2) is 0 Å². The van der Waals surface area contributed by atoms with Crippen molar-refractivity contribution in [3.63, 3.8) is 0 Å². The Kier molecular flexibility index (Phi) is 8.61. The number of rotatable bonds is 9. The minimum atomic E-state index is -0.0983. The summed E-state index contributed by atoms with van der Waals surface area (Å²) in [6, 6.07) is 5.86. The van der Waals surface area contributed by atoms with Crippen LogP contribution < -0.4 is 14.8 Å². The van der Waals surface area contributed by atoms with Gasteiger partial charge in [0.05, 0.1) is 27.4 Å². The fourth-order valence-electron chi connectivity index (χ4n) is 3.22. The molecule has 1 atom stereocenters. The summed E-state index contributed by atoms with van der Waals surface area (Å²) in [7, 11) is 3.21. The van der Waals surface area contributed by atoms with Crippen LogP contribution in [0.4, 0.5) is 0 Å². The number of nitrogens with one attached hydrogen (secondary N) is 1. The lowest BCUT2D eigenvalue weighted by molar-refractivity contribution is -0.116. The van der Waals surface area contributed by atoms with Crippen LogP contribution in [0.2, 0.25) is 0 Å². The number of carbonyl (C=O) groups excluding carboxylic acids is 1. The van der Waals surface area contributed by atoms with Gasteiger partial charge < -0.3 is 19.5 Å². The summed E-state index contributed by atoms with van der Waals surface area (Å²) in [6.45, 7) is 8.44. The van der Waals surface area contributed by atoms with Crippen LogP contribution in [0.3, 0.4) is 0 Å². The number of amides is 1. The van der Waals surface area contributed by atoms with Crippen LogP contribution in [0, 0.1) is 5.92 Å². The van der Waals surface area contributed by atoms with Crippen LogP contribution in [0.1, 0.15) is 25.8 Å². The molecule has 1 unspecified atom stereocenters. The van der Waals surface area contributed by atoms with Gasteiger partial charge in [-0.2, -0.15) is 0 Å². The molecule has 1 aliphatic rings. The quantitative estimate of drug-likeness (QED) is 0.671. The molecule has 1 aliphatic heterocycles. The average Bonchev–Trinajstić information content (AvgIpc) is 2.69. The first kappa shape index (κ1) is 21.3. The van der Waals surface area contributed by atoms with Crippen LogP contribution in [0.15, 0.2) is 24.3 Å². The van der Waals surface area contributed by atoms with Gasteiger partial charge in [-0.25, -0.2) is 0 Å². The Balaban J connectivity index is 1.93. The van der Waals surface area contributed by atoms with Gasteiger partial charge in [0.2, 0.25) is 5.91 Å². The fourth-order valence-corrected chi connectivity index (χ4v) is 3.22. The molecule has 0 saturated carbocycles. The minimum absolute atomic E-state index is 0.0983. The second-order valence-corrected chi connectivity index (χ2v) is 7.16. The van der Waals surface area contributed by atoms with Crippen molar-refractivity contribution in [2.24, 2.45) is 5.92 Å². The number of morpholine rings is 1. The molecule has 0 aliphatic carbocycles. The third-order valence-electron chi connectivity index (χ3n) is 4.62. The molecule has 1 aromatic carbocycles. The summed E-state index contributed by atoms with van der Waals surface area (Å²) in [4.78, 5) is 14.7. The largest absolute Gasteiger partial charge is 0.497 e. The van der Waals surface area contributed by atoms with Crippen molar-refractivity contribution in [2.75, 3.05) is 47.1 Å². The number of ether oxygens (including phenoxy) is 3. The van der Waals surface area contributed by atoms with E-state index in [9.17, 15) is 4.79 Å². The molecule has 1 saturated heterocycles. The van der Waals surface area contributed by atoms with Gasteiger partial charge in [-0.05, 0) is 36.1 Å². The lowest BCUT2D eigenvalue weighted by Gasteiger charge is -2.35. The topological polar surface area (TPSA) is 60.0 Å². The second-order valence-electron chi connectivity index (χ2n) is 7.16. The standard InChI is InChI=1S/C21H32N2O4/c1-16(2)11-18(23-7-9-27-10-8-23)15-22-21(24)6-5-17-12-19(25-3)14-20(13-17)26-4/h5-6,12-14,16,18H,7-11,15H2,1-4H3,(H,22,24). The zero-order chi connectivity index (χ0) is 19.6. The van der Waals surface area contributed by atoms with Crippen LogP contribution in [-0.4, -0.2) is 63.9 Å². The predicted molar refractivity (Wildman–Crippen MR) is 107 cm³/mol. The van der Waals surface area contributed by atoms with Crippen LogP contribution in [0.25, 0.3) is 6.08 Å². The lowest BCUT2D eigenvalue weighted by atomic mass is 10.0. The Morgan fingerprint density at radius 3 is 2.37 bits per heavy atom. The molecule has 1 fully saturated rings. The molecule has 6 nitrogen and oxygen atoms in total. The molecule has 150 valence electrons. The highest BCUT2D eigenvalue weighted by Crippen LogP contribution is 2.23. The summed E-state index contributed by atoms with van der Waals surface area (Å²) in [5.41, 5.74) is 0.855. The molecule has 0 bridgehead atoms. The first-order valence-electron chi connectivity index (χ1n) is 9.52. The van der Waals surface area contributed by atoms with E-state index in [2.05, 4.69) is 24.1 Å². The third-order valence-corrected chi connectivity index (χ3v) is 4.62. The smallest absolute Gasteiger partial charge is 0.244 e. The molecule has 0 radical (unpaired) electrons. The summed E-state index contributed by atoms with van der Waals surface area (Å²) in [5, 5.41) is 3.04. The highest BCUT2D eigenvalue weighted by atomic mass is 16.5. The Labute approximate surface area is 162 Å². The van der Waals surface area contributed by atoms with E-state index in [1.165, 1.54) is 0 Å². The Morgan fingerprint density at radius 1 is 1.19 bits per heavy atom. The molecular weight excluding hydrogens is 344 g/mol. The van der Waals surface area contributed by atoms with Crippen LogP contribution >= 0.6 is 0 Å². The number of hydrogen-bond acceptors (Lipinski definition) is 5. The van der Waals surface area contributed by atoms with Gasteiger partial charge in [0.1, 0.15) is 11.5 Å². The molecule has 1 N–H and O–H groups in total. The lowest BCUT2D eigenvalue weighted by Crippen LogP contribution is -2.49. The normalized spacial score (nSPS) is 16.5. The SMILES string of the molecule is COc1cc(C=CC(=O)NCC(CC(C)C)N2CCOCC2)cc(OC)c1. The minimum Gasteiger partial charge on any atom is -0.497 e. The van der Waals surface area contributed by atoms with Gasteiger partial charge in [0, 0.05) is 37.8 Å². The fraction of sp³-hybridized carbons (Fsp3) is 0.571. The highest BCUT2D eigenvalue weighted by Gasteiger charge is 2.22. The van der Waals surface area contributed by atoms with Crippen molar-refractivity contribution in [3.8, 4) is 11.5 Å². The van der Waals surface area contributed by atoms with Gasteiger partial charge in [-0.3, -0.25) is 9.69 Å². The van der Waals surface area contributed by atoms with Gasteiger partial charge in [-0.15, -0.1) is 0 Å². The summed E-state index contributed by atoms with van der Waals surface area (Å²) in [5.74, 6) is 1.87. The second kappa shape index (κ2) is 10.9. The predicted octanol–water partition coefficient (Wildman–Crippen LogP) is 2.58. The van der Waals surface area contributed by atoms with Crippen molar-refractivity contribution in [3.05, 3.63) is 29.8 Å². The molecule has 0 spiro atoms. The molecule has 1 heterocycles. The van der Waals surface area contributed by atoms with E-state index < -0.39 is 0 Å². The zero-order valence-electron chi connectivity index (χ0n) is 16.9. The van der Waals surface area contributed by atoms with Crippen molar-refractivity contribution in [2.45, 2.75) is 26.3 Å². The van der Waals surface area contributed by atoms with Gasteiger partial charge in [0.25, 0.3) is 0 Å². The molecule has 1 aromatic rings. The number of methoxy groups -OCH3 is 2. The van der Waals surface area contributed by atoms with E-state index in [0.717, 1.165) is 38.3 Å². The first-order chi connectivity index (χ1) is 13.0. The Morgan fingerprint density at radius 2 is 1.81 bits per heavy atom. The first-order valence-corrected chi connectivity index (χ1v) is 9.52. The Bertz CT molecular complexity index is 602. The summed E-state index contributed by atoms with van der Waals surface area (Å²) in [6.07, 6.45) is 4.38. The molecule has 6 heteroatoms. The van der Waals surface area contributed by atoms with Crippen molar-refractivity contribution < 1.29 is 19.0 Å². The maximum atomic E-state index is 12.3. The van der Waals surface area contributed by atoms with E-state index in [1.807, 2.05) is 12.1 Å². The van der Waals surface area contributed by atoms with Crippen molar-refractivity contribution >= 4 is 12.0 Å². The van der Waals surface area contributed by atoms with Crippen molar-refractivity contribution in [1.82, 2.24) is 10.2 Å². The van der Waals surface area contributed by atoms with E-state index in [0.29, 0.717) is 30.0 Å². The highest BCUT2D eigenvalue weighted by molar-refractivity contribution is 5.91. The molecule has 0 aromatic heterocycles. The van der Waals surface area contributed by atoms with Gasteiger partial charge >= 0.3 is 0 Å². The van der Waals surface area contributed by atoms with E-state index >= 15 is 0 Å². The summed E-state index contributed by atoms with van der Waals surface area (Å²) >= 11 is 0.